The number of rotatable bonds is 3. The van der Waals surface area contributed by atoms with Crippen LogP contribution in [0.25, 0.3) is 10.9 Å². The third-order valence-electron chi connectivity index (χ3n) is 5.00. The van der Waals surface area contributed by atoms with Gasteiger partial charge in [-0.15, -0.1) is 0 Å². The number of halogens is 3. The van der Waals surface area contributed by atoms with Crippen LogP contribution in [0.2, 0.25) is 10.0 Å². The zero-order chi connectivity index (χ0) is 18.5. The third kappa shape index (κ3) is 3.06. The number of hydrogen-bond acceptors (Lipinski definition) is 4. The van der Waals surface area contributed by atoms with E-state index in [9.17, 15) is 4.79 Å². The van der Waals surface area contributed by atoms with Gasteiger partial charge in [-0.2, -0.15) is 0 Å². The first kappa shape index (κ1) is 18.6. The number of hydrogen-bond donors (Lipinski definition) is 1. The lowest BCUT2D eigenvalue weighted by Crippen LogP contribution is -2.39. The van der Waals surface area contributed by atoms with Crippen LogP contribution in [0.5, 0.6) is 0 Å². The van der Waals surface area contributed by atoms with Crippen molar-refractivity contribution < 1.29 is 19.0 Å². The Hall–Kier alpha value is -0.790. The molecule has 0 unspecified atom stereocenters. The topological polar surface area (TPSA) is 60.6 Å². The number of esters is 1. The average Bonchev–Trinajstić information content (AvgIpc) is 3.18. The summed E-state index contributed by atoms with van der Waals surface area (Å²) in [6.45, 7) is 3.27. The van der Waals surface area contributed by atoms with Crippen molar-refractivity contribution in [3.05, 3.63) is 31.8 Å². The Bertz CT molecular complexity index is 876. The summed E-state index contributed by atoms with van der Waals surface area (Å²) in [5, 5.41) is 1.90. The maximum atomic E-state index is 12.2. The van der Waals surface area contributed by atoms with Crippen molar-refractivity contribution >= 4 is 56.0 Å². The van der Waals surface area contributed by atoms with E-state index >= 15 is 0 Å². The molecule has 1 aliphatic heterocycles. The van der Waals surface area contributed by atoms with Crippen LogP contribution in [-0.2, 0) is 25.4 Å². The summed E-state index contributed by atoms with van der Waals surface area (Å²) < 4.78 is 17.9. The Morgan fingerprint density at radius 1 is 1.42 bits per heavy atom. The van der Waals surface area contributed by atoms with Crippen molar-refractivity contribution in [2.45, 2.75) is 37.9 Å². The van der Waals surface area contributed by atoms with E-state index in [0.29, 0.717) is 42.7 Å². The Morgan fingerprint density at radius 2 is 2.15 bits per heavy atom. The molecule has 0 bridgehead atoms. The molecule has 1 aliphatic carbocycles. The standard InChI is InChI=1S/C18H18BrCl2NO4/c1-2-24-13(23)5-9-7-18(25-3-4-26-18)8-10-14-11(19)6-12(20)15(21)17(14)22-16(9)10/h6,9,22H,2-5,7-8H2,1H3/t9-/m0/s1. The summed E-state index contributed by atoms with van der Waals surface area (Å²) in [5.74, 6) is -1.05. The number of benzene rings is 1. The van der Waals surface area contributed by atoms with Gasteiger partial charge in [0.2, 0.25) is 0 Å². The molecular weight excluding hydrogens is 445 g/mol. The van der Waals surface area contributed by atoms with Gasteiger partial charge in [0.05, 0.1) is 41.8 Å². The first-order valence-corrected chi connectivity index (χ1v) is 10.1. The number of ether oxygens (including phenoxy) is 3. The summed E-state index contributed by atoms with van der Waals surface area (Å²) in [7, 11) is 0. The van der Waals surface area contributed by atoms with E-state index in [2.05, 4.69) is 20.9 Å². The van der Waals surface area contributed by atoms with Gasteiger partial charge in [0.1, 0.15) is 0 Å². The minimum atomic E-state index is -0.704. The fraction of sp³-hybridized carbons (Fsp3) is 0.500. The van der Waals surface area contributed by atoms with Gasteiger partial charge >= 0.3 is 5.97 Å². The summed E-state index contributed by atoms with van der Waals surface area (Å²) in [6.07, 6.45) is 1.44. The van der Waals surface area contributed by atoms with E-state index in [0.717, 1.165) is 26.6 Å². The van der Waals surface area contributed by atoms with Gasteiger partial charge < -0.3 is 19.2 Å². The van der Waals surface area contributed by atoms with E-state index in [-0.39, 0.29) is 18.3 Å². The SMILES string of the molecule is CCOC(=O)C[C@H]1CC2(Cc3c1[nH]c1c(Cl)c(Cl)cc(Br)c31)OCCO2. The van der Waals surface area contributed by atoms with Crippen LogP contribution < -0.4 is 0 Å². The molecule has 8 heteroatoms. The first-order chi connectivity index (χ1) is 12.4. The van der Waals surface area contributed by atoms with Gasteiger partial charge in [0.25, 0.3) is 0 Å². The zero-order valence-corrected chi connectivity index (χ0v) is 17.3. The summed E-state index contributed by atoms with van der Waals surface area (Å²) >= 11 is 16.3. The molecule has 0 amide bonds. The lowest BCUT2D eigenvalue weighted by atomic mass is 9.81. The van der Waals surface area contributed by atoms with Gasteiger partial charge in [-0.3, -0.25) is 4.79 Å². The van der Waals surface area contributed by atoms with Crippen molar-refractivity contribution in [1.82, 2.24) is 4.98 Å². The Kier molecular flexibility index (Phi) is 4.99. The monoisotopic (exact) mass is 461 g/mol. The molecule has 1 atom stereocenters. The second kappa shape index (κ2) is 6.99. The van der Waals surface area contributed by atoms with Gasteiger partial charge in [-0.25, -0.2) is 0 Å². The Morgan fingerprint density at radius 3 is 2.85 bits per heavy atom. The fourth-order valence-corrected chi connectivity index (χ4v) is 5.21. The largest absolute Gasteiger partial charge is 0.466 e. The number of carbonyl (C=O) groups is 1. The predicted molar refractivity (Wildman–Crippen MR) is 103 cm³/mol. The van der Waals surface area contributed by atoms with Gasteiger partial charge in [0, 0.05) is 34.3 Å². The molecule has 1 N–H and O–H groups in total. The molecule has 26 heavy (non-hydrogen) atoms. The summed E-state index contributed by atoms with van der Waals surface area (Å²) in [4.78, 5) is 15.6. The number of carbonyl (C=O) groups excluding carboxylic acids is 1. The molecule has 1 fully saturated rings. The molecule has 1 aromatic heterocycles. The lowest BCUT2D eigenvalue weighted by molar-refractivity contribution is -0.170. The van der Waals surface area contributed by atoms with Crippen molar-refractivity contribution in [2.24, 2.45) is 0 Å². The minimum absolute atomic E-state index is 0.106. The van der Waals surface area contributed by atoms with E-state index in [1.54, 1.807) is 13.0 Å². The molecule has 2 heterocycles. The normalized spacial score (nSPS) is 21.3. The maximum Gasteiger partial charge on any atom is 0.306 e. The van der Waals surface area contributed by atoms with Crippen LogP contribution >= 0.6 is 39.1 Å². The third-order valence-corrected chi connectivity index (χ3v) is 6.41. The van der Waals surface area contributed by atoms with Crippen LogP contribution in [0.4, 0.5) is 0 Å². The molecule has 0 saturated carbocycles. The van der Waals surface area contributed by atoms with E-state index in [1.165, 1.54) is 0 Å². The smallest absolute Gasteiger partial charge is 0.306 e. The highest BCUT2D eigenvalue weighted by Crippen LogP contribution is 2.48. The molecule has 0 radical (unpaired) electrons. The lowest BCUT2D eigenvalue weighted by Gasteiger charge is -2.36. The van der Waals surface area contributed by atoms with Crippen LogP contribution in [0, 0.1) is 0 Å². The first-order valence-electron chi connectivity index (χ1n) is 8.55. The minimum Gasteiger partial charge on any atom is -0.466 e. The summed E-state index contributed by atoms with van der Waals surface area (Å²) in [6, 6.07) is 1.79. The molecular formula is C18H18BrCl2NO4. The Labute approximate surface area is 169 Å². The average molecular weight is 463 g/mol. The number of aromatic amines is 1. The van der Waals surface area contributed by atoms with Gasteiger partial charge in [-0.05, 0) is 18.6 Å². The molecule has 5 nitrogen and oxygen atoms in total. The van der Waals surface area contributed by atoms with Crippen LogP contribution in [0.15, 0.2) is 10.5 Å². The van der Waals surface area contributed by atoms with Crippen molar-refractivity contribution in [1.29, 1.82) is 0 Å². The molecule has 4 rings (SSSR count). The number of H-pyrrole nitrogens is 1. The second-order valence-electron chi connectivity index (χ2n) is 6.62. The number of fused-ring (bicyclic) bond motifs is 3. The van der Waals surface area contributed by atoms with E-state index in [4.69, 9.17) is 37.4 Å². The van der Waals surface area contributed by atoms with Crippen LogP contribution in [-0.4, -0.2) is 36.6 Å². The highest BCUT2D eigenvalue weighted by molar-refractivity contribution is 9.10. The molecule has 1 spiro atoms. The fourth-order valence-electron chi connectivity index (χ4n) is 4.02. The van der Waals surface area contributed by atoms with E-state index < -0.39 is 5.79 Å². The second-order valence-corrected chi connectivity index (χ2v) is 8.26. The number of aromatic nitrogens is 1. The molecule has 1 saturated heterocycles. The molecule has 2 aromatic rings. The number of nitrogens with one attached hydrogen (secondary N) is 1. The highest BCUT2D eigenvalue weighted by Gasteiger charge is 2.46. The Balaban J connectivity index is 1.85. The quantitative estimate of drug-likeness (QED) is 0.517. The van der Waals surface area contributed by atoms with Crippen LogP contribution in [0.1, 0.15) is 36.9 Å². The zero-order valence-electron chi connectivity index (χ0n) is 14.2. The highest BCUT2D eigenvalue weighted by atomic mass is 79.9. The van der Waals surface area contributed by atoms with Crippen molar-refractivity contribution in [2.75, 3.05) is 19.8 Å². The summed E-state index contributed by atoms with van der Waals surface area (Å²) in [5.41, 5.74) is 2.79. The van der Waals surface area contributed by atoms with Gasteiger partial charge in [-0.1, -0.05) is 39.1 Å². The van der Waals surface area contributed by atoms with Crippen molar-refractivity contribution in [3.8, 4) is 0 Å². The predicted octanol–water partition coefficient (Wildman–Crippen LogP) is 4.96. The van der Waals surface area contributed by atoms with E-state index in [1.807, 2.05) is 0 Å². The van der Waals surface area contributed by atoms with Crippen LogP contribution in [0.3, 0.4) is 0 Å². The maximum absolute atomic E-state index is 12.2. The van der Waals surface area contributed by atoms with Gasteiger partial charge in [0.15, 0.2) is 5.79 Å². The molecule has 1 aromatic carbocycles. The molecule has 2 aliphatic rings. The molecule has 140 valence electrons. The van der Waals surface area contributed by atoms with Crippen molar-refractivity contribution in [3.63, 3.8) is 0 Å².